The zero-order valence-corrected chi connectivity index (χ0v) is 20.6. The van der Waals surface area contributed by atoms with E-state index in [0.29, 0.717) is 30.0 Å². The second-order valence-electron chi connectivity index (χ2n) is 8.87. The Bertz CT molecular complexity index is 1180. The van der Waals surface area contributed by atoms with Crippen molar-refractivity contribution in [2.75, 3.05) is 32.0 Å². The number of anilines is 1. The van der Waals surface area contributed by atoms with Crippen molar-refractivity contribution >= 4 is 27.5 Å². The van der Waals surface area contributed by atoms with Gasteiger partial charge in [0.2, 0.25) is 21.8 Å². The molecule has 34 heavy (non-hydrogen) atoms. The molecule has 0 radical (unpaired) electrons. The van der Waals surface area contributed by atoms with E-state index in [0.717, 1.165) is 5.56 Å². The van der Waals surface area contributed by atoms with Gasteiger partial charge in [-0.15, -0.1) is 6.42 Å². The minimum Gasteiger partial charge on any atom is -0.336 e. The van der Waals surface area contributed by atoms with Crippen LogP contribution in [0.3, 0.4) is 0 Å². The Labute approximate surface area is 202 Å². The van der Waals surface area contributed by atoms with E-state index < -0.39 is 10.0 Å². The zero-order valence-electron chi connectivity index (χ0n) is 19.8. The van der Waals surface area contributed by atoms with E-state index in [1.54, 1.807) is 43.4 Å². The third-order valence-corrected chi connectivity index (χ3v) is 7.97. The number of carbonyl (C=O) groups excluding carboxylic acids is 2. The minimum atomic E-state index is -3.60. The fraction of sp³-hybridized carbons (Fsp3) is 0.385. The molecule has 2 aromatic rings. The molecule has 1 aliphatic rings. The van der Waals surface area contributed by atoms with Crippen LogP contribution in [-0.2, 0) is 19.6 Å². The molecule has 8 heteroatoms. The predicted molar refractivity (Wildman–Crippen MR) is 133 cm³/mol. The van der Waals surface area contributed by atoms with Crippen molar-refractivity contribution in [1.29, 1.82) is 0 Å². The number of nitrogens with one attached hydrogen (secondary N) is 1. The normalized spacial score (nSPS) is 15.0. The summed E-state index contributed by atoms with van der Waals surface area (Å²) in [5, 5.41) is 2.75. The summed E-state index contributed by atoms with van der Waals surface area (Å²) in [7, 11) is -2.02. The van der Waals surface area contributed by atoms with Gasteiger partial charge in [-0.05, 0) is 54.7 Å². The van der Waals surface area contributed by atoms with Gasteiger partial charge in [0, 0.05) is 37.3 Å². The Morgan fingerprint density at radius 1 is 1.15 bits per heavy atom. The Balaban J connectivity index is 1.54. The third kappa shape index (κ3) is 6.04. The van der Waals surface area contributed by atoms with Crippen LogP contribution in [0.5, 0.6) is 0 Å². The van der Waals surface area contributed by atoms with Gasteiger partial charge >= 0.3 is 0 Å². The molecule has 180 valence electrons. The number of likely N-dealkylation sites (N-methyl/N-ethyl adjacent to an activating group) is 1. The topological polar surface area (TPSA) is 86.8 Å². The van der Waals surface area contributed by atoms with E-state index in [4.69, 9.17) is 6.42 Å². The molecule has 0 bridgehead atoms. The number of rotatable bonds is 7. The molecule has 0 aliphatic carbocycles. The van der Waals surface area contributed by atoms with Crippen LogP contribution in [0.15, 0.2) is 53.4 Å². The summed E-state index contributed by atoms with van der Waals surface area (Å²) in [6, 6.07) is 13.9. The molecule has 0 atom stereocenters. The summed E-state index contributed by atoms with van der Waals surface area (Å²) in [6.07, 6.45) is 6.21. The Morgan fingerprint density at radius 2 is 1.79 bits per heavy atom. The average molecular weight is 482 g/mol. The second kappa shape index (κ2) is 10.9. The SMILES string of the molecule is C#Cc1cccc(NC(=O)CN(C)C(=O)C2CCN(S(=O)(=O)c3ccc(C(C)C)cc3)CC2)c1. The first-order valence-electron chi connectivity index (χ1n) is 11.3. The molecule has 1 N–H and O–H groups in total. The number of sulfonamides is 1. The molecule has 2 amide bonds. The van der Waals surface area contributed by atoms with Gasteiger partial charge in [0.05, 0.1) is 11.4 Å². The quantitative estimate of drug-likeness (QED) is 0.615. The van der Waals surface area contributed by atoms with Crippen molar-refractivity contribution in [2.24, 2.45) is 5.92 Å². The lowest BCUT2D eigenvalue weighted by Gasteiger charge is -2.32. The zero-order chi connectivity index (χ0) is 24.9. The Morgan fingerprint density at radius 3 is 2.38 bits per heavy atom. The molecule has 1 fully saturated rings. The summed E-state index contributed by atoms with van der Waals surface area (Å²) in [5.74, 6) is 2.03. The number of terminal acetylenes is 1. The first kappa shape index (κ1) is 25.5. The van der Waals surface area contributed by atoms with Crippen molar-refractivity contribution in [2.45, 2.75) is 37.5 Å². The first-order valence-corrected chi connectivity index (χ1v) is 12.8. The molecule has 0 aromatic heterocycles. The Hall–Kier alpha value is -3.15. The van der Waals surface area contributed by atoms with Crippen molar-refractivity contribution in [3.05, 3.63) is 59.7 Å². The van der Waals surface area contributed by atoms with Crippen LogP contribution >= 0.6 is 0 Å². The van der Waals surface area contributed by atoms with Gasteiger partial charge in [-0.1, -0.05) is 38.0 Å². The first-order chi connectivity index (χ1) is 16.1. The monoisotopic (exact) mass is 481 g/mol. The maximum atomic E-state index is 13.0. The van der Waals surface area contributed by atoms with Crippen LogP contribution in [0, 0.1) is 18.3 Å². The number of nitrogens with zero attached hydrogens (tertiary/aromatic N) is 2. The molecule has 0 unspecified atom stereocenters. The van der Waals surface area contributed by atoms with Gasteiger partial charge in [0.1, 0.15) is 0 Å². The molecule has 0 saturated carbocycles. The van der Waals surface area contributed by atoms with Gasteiger partial charge in [-0.2, -0.15) is 4.31 Å². The van der Waals surface area contributed by atoms with Crippen LogP contribution in [0.25, 0.3) is 0 Å². The molecule has 7 nitrogen and oxygen atoms in total. The van der Waals surface area contributed by atoms with Gasteiger partial charge in [0.15, 0.2) is 0 Å². The standard InChI is InChI=1S/C26H31N3O4S/c1-5-20-7-6-8-23(17-20)27-25(30)18-28(4)26(31)22-13-15-29(16-14-22)34(32,33)24-11-9-21(10-12-24)19(2)3/h1,6-12,17,19,22H,13-16,18H2,2-4H3,(H,27,30). The van der Waals surface area contributed by atoms with Gasteiger partial charge < -0.3 is 10.2 Å². The maximum Gasteiger partial charge on any atom is 0.243 e. The van der Waals surface area contributed by atoms with Crippen LogP contribution in [0.1, 0.15) is 43.7 Å². The van der Waals surface area contributed by atoms with Crippen LogP contribution in [-0.4, -0.2) is 56.1 Å². The summed E-state index contributed by atoms with van der Waals surface area (Å²) in [4.78, 5) is 26.9. The van der Waals surface area contributed by atoms with E-state index in [-0.39, 0.29) is 42.3 Å². The fourth-order valence-corrected chi connectivity index (χ4v) is 5.48. The molecule has 2 aromatic carbocycles. The van der Waals surface area contributed by atoms with Crippen molar-refractivity contribution in [3.63, 3.8) is 0 Å². The van der Waals surface area contributed by atoms with Crippen LogP contribution in [0.2, 0.25) is 0 Å². The third-order valence-electron chi connectivity index (χ3n) is 6.06. The molecule has 0 spiro atoms. The van der Waals surface area contributed by atoms with E-state index >= 15 is 0 Å². The van der Waals surface area contributed by atoms with E-state index in [9.17, 15) is 18.0 Å². The predicted octanol–water partition coefficient (Wildman–Crippen LogP) is 3.29. The highest BCUT2D eigenvalue weighted by Crippen LogP contribution is 2.26. The van der Waals surface area contributed by atoms with Crippen molar-refractivity contribution in [1.82, 2.24) is 9.21 Å². The van der Waals surface area contributed by atoms with E-state index in [1.165, 1.54) is 9.21 Å². The van der Waals surface area contributed by atoms with Crippen molar-refractivity contribution in [3.8, 4) is 12.3 Å². The molecule has 1 aliphatic heterocycles. The molecular formula is C26H31N3O4S. The van der Waals surface area contributed by atoms with Gasteiger partial charge in [-0.3, -0.25) is 9.59 Å². The lowest BCUT2D eigenvalue weighted by molar-refractivity contribution is -0.138. The summed E-state index contributed by atoms with van der Waals surface area (Å²) < 4.78 is 27.5. The van der Waals surface area contributed by atoms with E-state index in [2.05, 4.69) is 25.1 Å². The minimum absolute atomic E-state index is 0.0974. The highest BCUT2D eigenvalue weighted by molar-refractivity contribution is 7.89. The molecule has 3 rings (SSSR count). The van der Waals surface area contributed by atoms with Crippen molar-refractivity contribution < 1.29 is 18.0 Å². The smallest absolute Gasteiger partial charge is 0.243 e. The lowest BCUT2D eigenvalue weighted by atomic mass is 9.96. The van der Waals surface area contributed by atoms with Gasteiger partial charge in [0.25, 0.3) is 0 Å². The summed E-state index contributed by atoms with van der Waals surface area (Å²) >= 11 is 0. The summed E-state index contributed by atoms with van der Waals surface area (Å²) in [5.41, 5.74) is 2.31. The Kier molecular flexibility index (Phi) is 8.13. The summed E-state index contributed by atoms with van der Waals surface area (Å²) in [6.45, 7) is 4.55. The molecular weight excluding hydrogens is 450 g/mol. The van der Waals surface area contributed by atoms with Crippen LogP contribution in [0.4, 0.5) is 5.69 Å². The number of carbonyl (C=O) groups is 2. The number of hydrogen-bond donors (Lipinski definition) is 1. The lowest BCUT2D eigenvalue weighted by Crippen LogP contribution is -2.45. The number of benzene rings is 2. The number of piperidine rings is 1. The highest BCUT2D eigenvalue weighted by atomic mass is 32.2. The number of hydrogen-bond acceptors (Lipinski definition) is 4. The van der Waals surface area contributed by atoms with Crippen LogP contribution < -0.4 is 5.32 Å². The maximum absolute atomic E-state index is 13.0. The second-order valence-corrected chi connectivity index (χ2v) is 10.8. The molecule has 1 saturated heterocycles. The largest absolute Gasteiger partial charge is 0.336 e. The molecule has 1 heterocycles. The van der Waals surface area contributed by atoms with Gasteiger partial charge in [-0.25, -0.2) is 8.42 Å². The number of amides is 2. The average Bonchev–Trinajstić information content (AvgIpc) is 2.83. The highest BCUT2D eigenvalue weighted by Gasteiger charge is 2.33. The van der Waals surface area contributed by atoms with E-state index in [1.807, 2.05) is 12.1 Å². The fourth-order valence-electron chi connectivity index (χ4n) is 4.01.